The molecule has 2 atom stereocenters. The Morgan fingerprint density at radius 1 is 1.53 bits per heavy atom. The zero-order valence-electron chi connectivity index (χ0n) is 9.76. The fourth-order valence-electron chi connectivity index (χ4n) is 2.23. The van der Waals surface area contributed by atoms with Crippen LogP contribution in [0.4, 0.5) is 13.6 Å². The molecule has 0 radical (unpaired) electrons. The highest BCUT2D eigenvalue weighted by Crippen LogP contribution is 2.34. The average molecular weight is 292 g/mol. The Hall–Kier alpha value is -1.40. The second kappa shape index (κ2) is 4.94. The summed E-state index contributed by atoms with van der Waals surface area (Å²) in [7, 11) is 0. The van der Waals surface area contributed by atoms with E-state index in [4.69, 9.17) is 16.7 Å². The lowest BCUT2D eigenvalue weighted by Gasteiger charge is -2.22. The number of rotatable bonds is 2. The fraction of sp³-hybridized carbons (Fsp3) is 0.417. The van der Waals surface area contributed by atoms with E-state index in [0.717, 1.165) is 0 Å². The molecule has 0 aliphatic carbocycles. The molecular weight excluding hydrogens is 280 g/mol. The van der Waals surface area contributed by atoms with Crippen molar-refractivity contribution in [1.82, 2.24) is 4.90 Å². The van der Waals surface area contributed by atoms with Crippen LogP contribution in [0.25, 0.3) is 0 Å². The van der Waals surface area contributed by atoms with Gasteiger partial charge < -0.3 is 10.2 Å². The summed E-state index contributed by atoms with van der Waals surface area (Å²) in [6.45, 7) is -0.991. The number of alkyl halides is 2. The van der Waals surface area contributed by atoms with E-state index in [1.54, 1.807) is 24.3 Å². The van der Waals surface area contributed by atoms with Crippen molar-refractivity contribution in [3.63, 3.8) is 0 Å². The topological polar surface area (TPSA) is 60.8 Å². The molecule has 1 heterocycles. The lowest BCUT2D eigenvalue weighted by molar-refractivity contribution is -0.0806. The van der Waals surface area contributed by atoms with Crippen molar-refractivity contribution < 1.29 is 23.8 Å². The number of hydrogen-bond donors (Lipinski definition) is 2. The van der Waals surface area contributed by atoms with E-state index in [-0.39, 0.29) is 6.42 Å². The van der Waals surface area contributed by atoms with Crippen LogP contribution in [0.15, 0.2) is 24.3 Å². The highest BCUT2D eigenvalue weighted by atomic mass is 35.5. The summed E-state index contributed by atoms with van der Waals surface area (Å²) in [5.41, 5.74) is 0.598. The number of carbonyl (C=O) groups is 1. The smallest absolute Gasteiger partial charge is 0.407 e. The molecule has 7 heteroatoms. The van der Waals surface area contributed by atoms with Crippen LogP contribution in [0.1, 0.15) is 5.56 Å². The van der Waals surface area contributed by atoms with Crippen LogP contribution < -0.4 is 0 Å². The van der Waals surface area contributed by atoms with Crippen molar-refractivity contribution in [3.05, 3.63) is 34.9 Å². The molecule has 0 bridgehead atoms. The van der Waals surface area contributed by atoms with Gasteiger partial charge in [-0.3, -0.25) is 4.90 Å². The van der Waals surface area contributed by atoms with Gasteiger partial charge in [-0.1, -0.05) is 23.7 Å². The van der Waals surface area contributed by atoms with Crippen LogP contribution in [0.2, 0.25) is 5.02 Å². The molecule has 4 nitrogen and oxygen atoms in total. The van der Waals surface area contributed by atoms with Crippen molar-refractivity contribution in [2.75, 3.05) is 6.54 Å². The highest BCUT2D eigenvalue weighted by Gasteiger charge is 2.55. The second-order valence-corrected chi connectivity index (χ2v) is 4.95. The predicted molar refractivity (Wildman–Crippen MR) is 64.6 cm³/mol. The van der Waals surface area contributed by atoms with Gasteiger partial charge in [0.15, 0.2) is 0 Å². The number of aliphatic hydroxyl groups is 1. The standard InChI is InChI=1S/C12H12ClF2NO3/c13-8-3-1-2-7(4-8)5-9-10(17)12(14,15)6-16(9)11(18)19/h1-4,9-10,17H,5-6H2,(H,18,19)/t9-,10?/m0/s1. The molecule has 1 aliphatic heterocycles. The number of hydrogen-bond acceptors (Lipinski definition) is 2. The van der Waals surface area contributed by atoms with Gasteiger partial charge in [0.25, 0.3) is 5.92 Å². The largest absolute Gasteiger partial charge is 0.465 e. The van der Waals surface area contributed by atoms with Gasteiger partial charge in [0.1, 0.15) is 6.10 Å². The van der Waals surface area contributed by atoms with Gasteiger partial charge in [0.05, 0.1) is 12.6 Å². The van der Waals surface area contributed by atoms with E-state index in [0.29, 0.717) is 15.5 Å². The van der Waals surface area contributed by atoms with Gasteiger partial charge in [-0.25, -0.2) is 13.6 Å². The predicted octanol–water partition coefficient (Wildman–Crippen LogP) is 2.24. The molecule has 19 heavy (non-hydrogen) atoms. The third-order valence-corrected chi connectivity index (χ3v) is 3.39. The number of carboxylic acid groups (broad SMARTS) is 1. The summed E-state index contributed by atoms with van der Waals surface area (Å²) in [6, 6.07) is 5.30. The Morgan fingerprint density at radius 2 is 2.21 bits per heavy atom. The Balaban J connectivity index is 2.23. The number of amides is 1. The Morgan fingerprint density at radius 3 is 2.79 bits per heavy atom. The molecule has 1 aromatic rings. The van der Waals surface area contributed by atoms with Crippen LogP contribution in [0.5, 0.6) is 0 Å². The number of nitrogens with zero attached hydrogens (tertiary/aromatic N) is 1. The van der Waals surface area contributed by atoms with E-state index < -0.39 is 30.7 Å². The molecule has 0 aromatic heterocycles. The minimum absolute atomic E-state index is 0.0103. The maximum Gasteiger partial charge on any atom is 0.407 e. The number of benzene rings is 1. The number of likely N-dealkylation sites (tertiary alicyclic amines) is 1. The van der Waals surface area contributed by atoms with Gasteiger partial charge in [-0.15, -0.1) is 0 Å². The second-order valence-electron chi connectivity index (χ2n) is 4.52. The van der Waals surface area contributed by atoms with Crippen molar-refractivity contribution in [1.29, 1.82) is 0 Å². The van der Waals surface area contributed by atoms with Gasteiger partial charge in [0, 0.05) is 5.02 Å². The fourth-order valence-corrected chi connectivity index (χ4v) is 2.44. The summed E-state index contributed by atoms with van der Waals surface area (Å²) in [5, 5.41) is 18.9. The zero-order valence-corrected chi connectivity index (χ0v) is 10.5. The first kappa shape index (κ1) is 14.0. The molecular formula is C12H12ClF2NO3. The highest BCUT2D eigenvalue weighted by molar-refractivity contribution is 6.30. The third-order valence-electron chi connectivity index (χ3n) is 3.16. The summed E-state index contributed by atoms with van der Waals surface area (Å²) >= 11 is 5.78. The molecule has 1 saturated heterocycles. The monoisotopic (exact) mass is 291 g/mol. The van der Waals surface area contributed by atoms with Crippen LogP contribution in [-0.4, -0.2) is 45.8 Å². The lowest BCUT2D eigenvalue weighted by atomic mass is 10.0. The van der Waals surface area contributed by atoms with Crippen LogP contribution in [0.3, 0.4) is 0 Å². The Kier molecular flexibility index (Phi) is 3.64. The SMILES string of the molecule is O=C(O)N1CC(F)(F)C(O)[C@@H]1Cc1cccc(Cl)c1. The normalized spacial score (nSPS) is 25.6. The number of aliphatic hydroxyl groups excluding tert-OH is 1. The van der Waals surface area contributed by atoms with E-state index in [2.05, 4.69) is 0 Å². The number of halogens is 3. The molecule has 2 N–H and O–H groups in total. The van der Waals surface area contributed by atoms with E-state index in [1.165, 1.54) is 0 Å². The maximum atomic E-state index is 13.4. The van der Waals surface area contributed by atoms with Crippen LogP contribution >= 0.6 is 11.6 Å². The Labute approximate surface area is 113 Å². The average Bonchev–Trinajstić information content (AvgIpc) is 2.53. The van der Waals surface area contributed by atoms with Crippen LogP contribution in [-0.2, 0) is 6.42 Å². The molecule has 2 rings (SSSR count). The third kappa shape index (κ3) is 2.79. The molecule has 1 aliphatic rings. The van der Waals surface area contributed by atoms with Gasteiger partial charge in [-0.2, -0.15) is 0 Å². The van der Waals surface area contributed by atoms with Gasteiger partial charge in [0.2, 0.25) is 0 Å². The van der Waals surface area contributed by atoms with Gasteiger partial charge >= 0.3 is 6.09 Å². The van der Waals surface area contributed by atoms with Crippen molar-refractivity contribution in [2.45, 2.75) is 24.5 Å². The molecule has 1 amide bonds. The van der Waals surface area contributed by atoms with E-state index in [9.17, 15) is 18.7 Å². The summed E-state index contributed by atoms with van der Waals surface area (Å²) in [5.74, 6) is -3.43. The van der Waals surface area contributed by atoms with Crippen molar-refractivity contribution >= 4 is 17.7 Å². The van der Waals surface area contributed by atoms with E-state index in [1.807, 2.05) is 0 Å². The molecule has 1 fully saturated rings. The first-order chi connectivity index (χ1) is 8.81. The minimum Gasteiger partial charge on any atom is -0.465 e. The molecule has 0 saturated carbocycles. The first-order valence-corrected chi connectivity index (χ1v) is 5.99. The first-order valence-electron chi connectivity index (χ1n) is 5.61. The summed E-state index contributed by atoms with van der Waals surface area (Å²) < 4.78 is 26.8. The van der Waals surface area contributed by atoms with Gasteiger partial charge in [-0.05, 0) is 24.1 Å². The molecule has 1 aromatic carbocycles. The molecule has 104 valence electrons. The quantitative estimate of drug-likeness (QED) is 0.878. The van der Waals surface area contributed by atoms with Crippen LogP contribution in [0, 0.1) is 0 Å². The van der Waals surface area contributed by atoms with E-state index >= 15 is 0 Å². The summed E-state index contributed by atoms with van der Waals surface area (Å²) in [4.78, 5) is 11.5. The zero-order chi connectivity index (χ0) is 14.2. The lowest BCUT2D eigenvalue weighted by Crippen LogP contribution is -2.41. The Bertz CT molecular complexity index is 498. The summed E-state index contributed by atoms with van der Waals surface area (Å²) in [6.07, 6.45) is -3.49. The van der Waals surface area contributed by atoms with Crippen molar-refractivity contribution in [2.24, 2.45) is 0 Å². The van der Waals surface area contributed by atoms with Crippen molar-refractivity contribution in [3.8, 4) is 0 Å². The molecule has 0 spiro atoms. The maximum absolute atomic E-state index is 13.4. The molecule has 1 unspecified atom stereocenters. The minimum atomic E-state index is -3.43.